The highest BCUT2D eigenvalue weighted by molar-refractivity contribution is 6.04. The molecule has 1 aliphatic heterocycles. The number of carbonyl (C=O) groups is 3. The predicted molar refractivity (Wildman–Crippen MR) is 122 cm³/mol. The molecule has 2 aliphatic carbocycles. The second-order valence-electron chi connectivity index (χ2n) is 10.1. The Hall–Kier alpha value is -3.69. The first kappa shape index (κ1) is 22.8. The molecule has 1 saturated heterocycles. The Bertz CT molecular complexity index is 1420. The fourth-order valence-corrected chi connectivity index (χ4v) is 5.76. The summed E-state index contributed by atoms with van der Waals surface area (Å²) in [5.41, 5.74) is 4.15. The maximum absolute atomic E-state index is 15.3. The molecule has 186 valence electrons. The lowest BCUT2D eigenvalue weighted by Crippen LogP contribution is -2.45. The minimum atomic E-state index is -1.52. The number of amides is 2. The quantitative estimate of drug-likeness (QED) is 0.543. The van der Waals surface area contributed by atoms with Gasteiger partial charge in [0.1, 0.15) is 12.2 Å². The number of fused-ring (bicyclic) bond motifs is 2. The lowest BCUT2D eigenvalue weighted by Gasteiger charge is -2.27. The molecule has 0 bridgehead atoms. The highest BCUT2D eigenvalue weighted by atomic mass is 19.2. The number of carbonyl (C=O) groups excluding carboxylic acids is 3. The van der Waals surface area contributed by atoms with Gasteiger partial charge in [0.05, 0.1) is 11.6 Å². The molecular weight excluding hydrogens is 473 g/mol. The highest BCUT2D eigenvalue weighted by Gasteiger charge is 2.60. The molecule has 2 saturated carbocycles. The van der Waals surface area contributed by atoms with E-state index in [1.54, 1.807) is 24.3 Å². The lowest BCUT2D eigenvalue weighted by atomic mass is 9.99. The van der Waals surface area contributed by atoms with Crippen LogP contribution in [0.4, 0.5) is 13.2 Å². The average molecular weight is 496 g/mol. The number of Topliss-reactive ketones (excluding diaryl/α,β-unsaturated/α-hetero) is 1. The van der Waals surface area contributed by atoms with Gasteiger partial charge in [-0.3, -0.25) is 19.1 Å². The van der Waals surface area contributed by atoms with Gasteiger partial charge in [-0.05, 0) is 36.8 Å². The number of hydrogen-bond acceptors (Lipinski definition) is 4. The van der Waals surface area contributed by atoms with Crippen LogP contribution in [0, 0.1) is 23.5 Å². The first-order valence-corrected chi connectivity index (χ1v) is 11.9. The van der Waals surface area contributed by atoms with Gasteiger partial charge < -0.3 is 10.6 Å². The van der Waals surface area contributed by atoms with Crippen LogP contribution >= 0.6 is 0 Å². The standard InChI is InChI=1S/C26H23F3N4O3/c27-17-9-16-20(10-18(17)28)32(31-24(16)25(30)36)12-23(35)33-19-6-13(19)7-21(33)22(34)8-15-11-26(15,29)14-4-2-1-3-5-14/h1-5,9-10,13,15,19,21H,6-8,11-12H2,(H2,30,36)/t13-,15-,19-,21+,26-/m1/s1. The van der Waals surface area contributed by atoms with Gasteiger partial charge in [-0.2, -0.15) is 5.10 Å². The third-order valence-corrected chi connectivity index (χ3v) is 7.81. The average Bonchev–Trinajstić information content (AvgIpc) is 3.67. The van der Waals surface area contributed by atoms with Gasteiger partial charge in [-0.15, -0.1) is 0 Å². The molecule has 6 rings (SSSR count). The summed E-state index contributed by atoms with van der Waals surface area (Å²) < 4.78 is 44.1. The molecule has 2 heterocycles. The van der Waals surface area contributed by atoms with Crippen LogP contribution in [-0.2, 0) is 21.8 Å². The monoisotopic (exact) mass is 496 g/mol. The van der Waals surface area contributed by atoms with Crippen LogP contribution in [0.1, 0.15) is 41.7 Å². The van der Waals surface area contributed by atoms with Crippen molar-refractivity contribution in [3.8, 4) is 0 Å². The summed E-state index contributed by atoms with van der Waals surface area (Å²) in [5.74, 6) is -4.06. The Morgan fingerprint density at radius 1 is 1.08 bits per heavy atom. The zero-order valence-electron chi connectivity index (χ0n) is 19.2. The van der Waals surface area contributed by atoms with Crippen molar-refractivity contribution in [1.29, 1.82) is 0 Å². The van der Waals surface area contributed by atoms with E-state index in [4.69, 9.17) is 5.73 Å². The summed E-state index contributed by atoms with van der Waals surface area (Å²) in [5, 5.41) is 4.03. The number of alkyl halides is 1. The molecule has 0 spiro atoms. The fourth-order valence-electron chi connectivity index (χ4n) is 5.76. The number of piperidine rings is 1. The number of ketones is 1. The van der Waals surface area contributed by atoms with E-state index in [0.717, 1.165) is 23.2 Å². The number of nitrogens with zero attached hydrogens (tertiary/aromatic N) is 3. The van der Waals surface area contributed by atoms with Crippen molar-refractivity contribution < 1.29 is 27.6 Å². The smallest absolute Gasteiger partial charge is 0.269 e. The summed E-state index contributed by atoms with van der Waals surface area (Å²) >= 11 is 0. The number of nitrogens with two attached hydrogens (primary N) is 1. The van der Waals surface area contributed by atoms with Crippen molar-refractivity contribution in [2.45, 2.75) is 50.0 Å². The molecule has 3 aliphatic rings. The maximum Gasteiger partial charge on any atom is 0.269 e. The van der Waals surface area contributed by atoms with E-state index in [0.29, 0.717) is 12.0 Å². The number of primary amides is 1. The van der Waals surface area contributed by atoms with Crippen LogP contribution in [0.5, 0.6) is 0 Å². The summed E-state index contributed by atoms with van der Waals surface area (Å²) in [7, 11) is 0. The second kappa shape index (κ2) is 7.91. The topological polar surface area (TPSA) is 98.3 Å². The van der Waals surface area contributed by atoms with Gasteiger partial charge in [0.25, 0.3) is 5.91 Å². The van der Waals surface area contributed by atoms with E-state index >= 15 is 4.39 Å². The first-order valence-electron chi connectivity index (χ1n) is 11.9. The van der Waals surface area contributed by atoms with Crippen LogP contribution in [0.25, 0.3) is 10.9 Å². The van der Waals surface area contributed by atoms with Crippen LogP contribution in [-0.4, -0.2) is 44.4 Å². The van der Waals surface area contributed by atoms with E-state index in [2.05, 4.69) is 5.10 Å². The zero-order valence-corrected chi connectivity index (χ0v) is 19.2. The van der Waals surface area contributed by atoms with Crippen LogP contribution < -0.4 is 5.73 Å². The van der Waals surface area contributed by atoms with Crippen molar-refractivity contribution in [3.05, 3.63) is 65.4 Å². The maximum atomic E-state index is 15.3. The van der Waals surface area contributed by atoms with Gasteiger partial charge in [0.2, 0.25) is 5.91 Å². The lowest BCUT2D eigenvalue weighted by molar-refractivity contribution is -0.139. The van der Waals surface area contributed by atoms with Crippen LogP contribution in [0.15, 0.2) is 42.5 Å². The van der Waals surface area contributed by atoms with E-state index in [-0.39, 0.29) is 53.7 Å². The fraction of sp³-hybridized carbons (Fsp3) is 0.385. The molecule has 10 heteroatoms. The molecule has 0 unspecified atom stereocenters. The van der Waals surface area contributed by atoms with Crippen molar-refractivity contribution in [2.24, 2.45) is 17.6 Å². The normalized spacial score (nSPS) is 28.2. The largest absolute Gasteiger partial charge is 0.364 e. The SMILES string of the molecule is NC(=O)c1nn(CC(=O)N2[C@@H]3C[C@@H]3C[C@H]2C(=O)C[C@@H]2C[C@@]2(F)c2ccccc2)c2cc(F)c(F)cc12. The molecular formula is C26H23F3N4O3. The third-order valence-electron chi connectivity index (χ3n) is 7.81. The van der Waals surface area contributed by atoms with Gasteiger partial charge >= 0.3 is 0 Å². The Morgan fingerprint density at radius 3 is 2.53 bits per heavy atom. The van der Waals surface area contributed by atoms with Crippen LogP contribution in [0.3, 0.4) is 0 Å². The van der Waals surface area contributed by atoms with E-state index in [1.807, 2.05) is 6.07 Å². The summed E-state index contributed by atoms with van der Waals surface area (Å²) in [6.07, 6.45) is 1.62. The third kappa shape index (κ3) is 3.58. The van der Waals surface area contributed by atoms with E-state index < -0.39 is 41.1 Å². The summed E-state index contributed by atoms with van der Waals surface area (Å²) in [4.78, 5) is 39.9. The Kier molecular flexibility index (Phi) is 5.00. The van der Waals surface area contributed by atoms with Gasteiger partial charge in [0, 0.05) is 29.8 Å². The van der Waals surface area contributed by atoms with Crippen molar-refractivity contribution in [1.82, 2.24) is 14.7 Å². The molecule has 2 N–H and O–H groups in total. The number of aromatic nitrogens is 2. The Balaban J connectivity index is 1.21. The number of halogens is 3. The molecule has 3 fully saturated rings. The van der Waals surface area contributed by atoms with E-state index in [1.165, 1.54) is 4.90 Å². The number of benzene rings is 2. The van der Waals surface area contributed by atoms with Gasteiger partial charge in [0.15, 0.2) is 23.1 Å². The molecule has 2 aromatic carbocycles. The second-order valence-corrected chi connectivity index (χ2v) is 10.1. The Morgan fingerprint density at radius 2 is 1.81 bits per heavy atom. The minimum absolute atomic E-state index is 0.00137. The predicted octanol–water partition coefficient (Wildman–Crippen LogP) is 3.25. The number of rotatable bonds is 7. The molecule has 7 nitrogen and oxygen atoms in total. The summed E-state index contributed by atoms with van der Waals surface area (Å²) in [6.45, 7) is -0.373. The van der Waals surface area contributed by atoms with Crippen LogP contribution in [0.2, 0.25) is 0 Å². The minimum Gasteiger partial charge on any atom is -0.364 e. The van der Waals surface area contributed by atoms with Gasteiger partial charge in [-0.25, -0.2) is 13.2 Å². The van der Waals surface area contributed by atoms with Gasteiger partial charge in [-0.1, -0.05) is 30.3 Å². The molecule has 1 aromatic heterocycles. The molecule has 2 amide bonds. The number of hydrogen-bond donors (Lipinski definition) is 1. The molecule has 0 radical (unpaired) electrons. The molecule has 36 heavy (non-hydrogen) atoms. The van der Waals surface area contributed by atoms with Crippen molar-refractivity contribution >= 4 is 28.5 Å². The molecule has 3 aromatic rings. The summed E-state index contributed by atoms with van der Waals surface area (Å²) in [6, 6.07) is 9.72. The van der Waals surface area contributed by atoms with Crippen molar-refractivity contribution in [2.75, 3.05) is 0 Å². The first-order chi connectivity index (χ1) is 17.2. The van der Waals surface area contributed by atoms with E-state index in [9.17, 15) is 23.2 Å². The Labute approximate surface area is 204 Å². The number of likely N-dealkylation sites (tertiary alicyclic amines) is 1. The highest BCUT2D eigenvalue weighted by Crippen LogP contribution is 2.58. The van der Waals surface area contributed by atoms with Crippen molar-refractivity contribution in [3.63, 3.8) is 0 Å². The zero-order chi connectivity index (χ0) is 25.4. The molecule has 5 atom stereocenters.